The third-order valence-electron chi connectivity index (χ3n) is 4.59. The third-order valence-corrected chi connectivity index (χ3v) is 4.59. The van der Waals surface area contributed by atoms with Crippen molar-refractivity contribution in [3.8, 4) is 28.4 Å². The topological polar surface area (TPSA) is 139 Å². The Morgan fingerprint density at radius 2 is 2.00 bits per heavy atom. The molecular formula is C21H23N6O4. The Balaban J connectivity index is 2.09. The SMILES string of the molecule is [CH2]CCCOc1cc(C(N)=O)cc(-c2cnc(-c3cc(C)nn3CC)nc2)c1[N+](=O)[O-]. The summed E-state index contributed by atoms with van der Waals surface area (Å²) >= 11 is 0. The van der Waals surface area contributed by atoms with Gasteiger partial charge in [0.1, 0.15) is 5.69 Å². The van der Waals surface area contributed by atoms with Crippen LogP contribution in [0.2, 0.25) is 0 Å². The van der Waals surface area contributed by atoms with E-state index in [2.05, 4.69) is 22.0 Å². The molecule has 0 unspecified atom stereocenters. The molecule has 0 aliphatic carbocycles. The Morgan fingerprint density at radius 1 is 1.29 bits per heavy atom. The van der Waals surface area contributed by atoms with Crippen LogP contribution in [0.3, 0.4) is 0 Å². The first-order valence-electron chi connectivity index (χ1n) is 9.77. The van der Waals surface area contributed by atoms with Crippen LogP contribution in [0.1, 0.15) is 35.8 Å². The van der Waals surface area contributed by atoms with Crippen LogP contribution >= 0.6 is 0 Å². The summed E-state index contributed by atoms with van der Waals surface area (Å²) in [7, 11) is 0. The average Bonchev–Trinajstić information content (AvgIpc) is 3.14. The van der Waals surface area contributed by atoms with Crippen LogP contribution in [0.4, 0.5) is 5.69 Å². The quantitative estimate of drug-likeness (QED) is 0.316. The zero-order valence-corrected chi connectivity index (χ0v) is 17.4. The van der Waals surface area contributed by atoms with E-state index in [4.69, 9.17) is 10.5 Å². The molecule has 10 nitrogen and oxygen atoms in total. The number of unbranched alkanes of at least 4 members (excludes halogenated alkanes) is 1. The van der Waals surface area contributed by atoms with Gasteiger partial charge in [-0.3, -0.25) is 19.6 Å². The first kappa shape index (κ1) is 21.9. The Morgan fingerprint density at radius 3 is 2.58 bits per heavy atom. The van der Waals surface area contributed by atoms with E-state index in [0.29, 0.717) is 30.8 Å². The summed E-state index contributed by atoms with van der Waals surface area (Å²) in [4.78, 5) is 31.8. The molecule has 31 heavy (non-hydrogen) atoms. The number of nitro groups is 1. The Kier molecular flexibility index (Phi) is 6.58. The molecule has 3 aromatic rings. The molecule has 2 aromatic heterocycles. The fourth-order valence-electron chi connectivity index (χ4n) is 3.12. The van der Waals surface area contributed by atoms with E-state index in [-0.39, 0.29) is 29.2 Å². The molecule has 0 aliphatic heterocycles. The summed E-state index contributed by atoms with van der Waals surface area (Å²) in [6.07, 6.45) is 4.16. The van der Waals surface area contributed by atoms with Crippen molar-refractivity contribution < 1.29 is 14.5 Å². The molecule has 1 aromatic carbocycles. The van der Waals surface area contributed by atoms with Gasteiger partial charge in [-0.25, -0.2) is 9.97 Å². The number of primary amides is 1. The fourth-order valence-corrected chi connectivity index (χ4v) is 3.12. The van der Waals surface area contributed by atoms with Gasteiger partial charge in [0.2, 0.25) is 5.91 Å². The molecule has 1 radical (unpaired) electrons. The van der Waals surface area contributed by atoms with Crippen LogP contribution in [0.5, 0.6) is 5.75 Å². The lowest BCUT2D eigenvalue weighted by Crippen LogP contribution is -2.12. The van der Waals surface area contributed by atoms with E-state index >= 15 is 0 Å². The van der Waals surface area contributed by atoms with E-state index in [1.54, 1.807) is 4.68 Å². The predicted molar refractivity (Wildman–Crippen MR) is 114 cm³/mol. The molecule has 2 heterocycles. The van der Waals surface area contributed by atoms with Gasteiger partial charge in [-0.05, 0) is 32.4 Å². The van der Waals surface area contributed by atoms with Crippen LogP contribution in [0.15, 0.2) is 30.6 Å². The van der Waals surface area contributed by atoms with E-state index in [1.165, 1.54) is 24.5 Å². The van der Waals surface area contributed by atoms with Crippen molar-refractivity contribution in [3.63, 3.8) is 0 Å². The van der Waals surface area contributed by atoms with Crippen LogP contribution in [-0.2, 0) is 6.54 Å². The number of ether oxygens (including phenoxy) is 1. The average molecular weight is 423 g/mol. The normalized spacial score (nSPS) is 10.8. The van der Waals surface area contributed by atoms with E-state index in [0.717, 1.165) is 11.4 Å². The number of carbonyl (C=O) groups is 1. The fraction of sp³-hybridized carbons (Fsp3) is 0.286. The first-order valence-corrected chi connectivity index (χ1v) is 9.77. The molecule has 0 aliphatic rings. The number of hydrogen-bond acceptors (Lipinski definition) is 7. The molecule has 0 saturated carbocycles. The van der Waals surface area contributed by atoms with Crippen molar-refractivity contribution in [2.24, 2.45) is 5.73 Å². The number of hydrogen-bond donors (Lipinski definition) is 1. The zero-order chi connectivity index (χ0) is 22.5. The molecular weight excluding hydrogens is 400 g/mol. The van der Waals surface area contributed by atoms with Crippen molar-refractivity contribution >= 4 is 11.6 Å². The summed E-state index contributed by atoms with van der Waals surface area (Å²) < 4.78 is 7.35. The monoisotopic (exact) mass is 423 g/mol. The number of nitro benzene ring substituents is 1. The third kappa shape index (κ3) is 4.68. The number of amides is 1. The second kappa shape index (κ2) is 9.33. The molecule has 0 fully saturated rings. The second-order valence-electron chi connectivity index (χ2n) is 6.83. The van der Waals surface area contributed by atoms with Crippen molar-refractivity contribution in [3.05, 3.63) is 58.9 Å². The number of aryl methyl sites for hydroxylation is 2. The summed E-state index contributed by atoms with van der Waals surface area (Å²) in [5.74, 6) is -0.321. The van der Waals surface area contributed by atoms with Crippen LogP contribution in [-0.4, -0.2) is 37.2 Å². The Labute approximate surface area is 179 Å². The van der Waals surface area contributed by atoms with Crippen molar-refractivity contribution in [1.82, 2.24) is 19.7 Å². The van der Waals surface area contributed by atoms with Crippen LogP contribution in [0, 0.1) is 24.0 Å². The van der Waals surface area contributed by atoms with E-state index in [9.17, 15) is 14.9 Å². The highest BCUT2D eigenvalue weighted by molar-refractivity contribution is 5.96. The van der Waals surface area contributed by atoms with Gasteiger partial charge in [-0.2, -0.15) is 5.10 Å². The summed E-state index contributed by atoms with van der Waals surface area (Å²) in [6.45, 7) is 8.42. The molecule has 161 valence electrons. The maximum absolute atomic E-state index is 11.8. The minimum atomic E-state index is -0.724. The molecule has 0 saturated heterocycles. The second-order valence-corrected chi connectivity index (χ2v) is 6.83. The maximum Gasteiger partial charge on any atom is 0.318 e. The first-order chi connectivity index (χ1) is 14.8. The molecule has 3 rings (SSSR count). The van der Waals surface area contributed by atoms with Gasteiger partial charge in [-0.15, -0.1) is 0 Å². The highest BCUT2D eigenvalue weighted by Gasteiger charge is 2.26. The summed E-state index contributed by atoms with van der Waals surface area (Å²) in [6, 6.07) is 4.50. The predicted octanol–water partition coefficient (Wildman–Crippen LogP) is 3.34. The van der Waals surface area contributed by atoms with Crippen molar-refractivity contribution in [1.29, 1.82) is 0 Å². The summed E-state index contributed by atoms with van der Waals surface area (Å²) in [5, 5.41) is 16.2. The Hall–Kier alpha value is -3.82. The highest BCUT2D eigenvalue weighted by atomic mass is 16.6. The zero-order valence-electron chi connectivity index (χ0n) is 17.4. The van der Waals surface area contributed by atoms with Gasteiger partial charge in [0.25, 0.3) is 0 Å². The molecule has 0 bridgehead atoms. The van der Waals surface area contributed by atoms with Gasteiger partial charge in [0.05, 0.1) is 22.8 Å². The van der Waals surface area contributed by atoms with Gasteiger partial charge in [0, 0.05) is 36.1 Å². The number of rotatable bonds is 9. The molecule has 10 heteroatoms. The van der Waals surface area contributed by atoms with E-state index in [1.807, 2.05) is 19.9 Å². The lowest BCUT2D eigenvalue weighted by Gasteiger charge is -2.12. The van der Waals surface area contributed by atoms with Crippen molar-refractivity contribution in [2.45, 2.75) is 33.2 Å². The van der Waals surface area contributed by atoms with Gasteiger partial charge < -0.3 is 10.5 Å². The molecule has 1 amide bonds. The number of nitrogens with zero attached hydrogens (tertiary/aromatic N) is 5. The van der Waals surface area contributed by atoms with Crippen LogP contribution < -0.4 is 10.5 Å². The molecule has 0 atom stereocenters. The number of aromatic nitrogens is 4. The van der Waals surface area contributed by atoms with Crippen molar-refractivity contribution in [2.75, 3.05) is 6.61 Å². The van der Waals surface area contributed by atoms with Crippen LogP contribution in [0.25, 0.3) is 22.6 Å². The number of carbonyl (C=O) groups excluding carboxylic acids is 1. The largest absolute Gasteiger partial charge is 0.487 e. The summed E-state index contributed by atoms with van der Waals surface area (Å²) in [5.41, 5.74) is 7.33. The van der Waals surface area contributed by atoms with Gasteiger partial charge in [-0.1, -0.05) is 13.3 Å². The molecule has 2 N–H and O–H groups in total. The Bertz CT molecular complexity index is 1110. The standard InChI is InChI=1S/C21H23N6O4/c1-4-6-7-31-18-10-14(20(22)28)9-16(19(18)27(29)30)15-11-23-21(24-12-15)17-8-13(3)25-26(17)5-2/h8-12H,1,4-7H2,2-3H3,(H2,22,28). The minimum Gasteiger partial charge on any atom is -0.487 e. The number of nitrogens with two attached hydrogens (primary N) is 1. The maximum atomic E-state index is 11.8. The minimum absolute atomic E-state index is 0.0338. The van der Waals surface area contributed by atoms with Gasteiger partial charge >= 0.3 is 5.69 Å². The lowest BCUT2D eigenvalue weighted by molar-refractivity contribution is -0.385. The molecule has 0 spiro atoms. The number of benzene rings is 1. The van der Waals surface area contributed by atoms with Gasteiger partial charge in [0.15, 0.2) is 11.6 Å². The lowest BCUT2D eigenvalue weighted by atomic mass is 10.0. The van der Waals surface area contributed by atoms with E-state index < -0.39 is 10.8 Å². The highest BCUT2D eigenvalue weighted by Crippen LogP contribution is 2.39. The smallest absolute Gasteiger partial charge is 0.318 e.